The Morgan fingerprint density at radius 2 is 1.90 bits per heavy atom. The number of hydrogen-bond donors (Lipinski definition) is 2. The molecule has 1 fully saturated rings. The highest BCUT2D eigenvalue weighted by atomic mass is 32.2. The van der Waals surface area contributed by atoms with Crippen molar-refractivity contribution in [1.82, 2.24) is 9.55 Å². The molecular weight excluding hydrogens is 398 g/mol. The molecule has 1 aromatic heterocycles. The smallest absolute Gasteiger partial charge is 0.266 e. The molecule has 0 aliphatic carbocycles. The zero-order valence-electron chi connectivity index (χ0n) is 17.2. The molecule has 1 saturated heterocycles. The van der Waals surface area contributed by atoms with Crippen LogP contribution in [0, 0.1) is 0 Å². The normalized spacial score (nSPS) is 16.1. The molecule has 158 valence electrons. The lowest BCUT2D eigenvalue weighted by atomic mass is 10.1. The van der Waals surface area contributed by atoms with Crippen LogP contribution in [0.5, 0.6) is 0 Å². The number of aromatic nitrogens is 2. The van der Waals surface area contributed by atoms with Crippen LogP contribution in [0.15, 0.2) is 58.5 Å². The summed E-state index contributed by atoms with van der Waals surface area (Å²) in [4.78, 5) is 19.4. The van der Waals surface area contributed by atoms with Crippen LogP contribution in [0.25, 0.3) is 16.6 Å². The van der Waals surface area contributed by atoms with Crippen LogP contribution >= 0.6 is 11.8 Å². The second kappa shape index (κ2) is 9.75. The van der Waals surface area contributed by atoms with Crippen molar-refractivity contribution in [3.63, 3.8) is 0 Å². The number of aliphatic hydroxyl groups is 1. The number of hydrogen-bond acceptors (Lipinski definition) is 5. The zero-order valence-corrected chi connectivity index (χ0v) is 18.0. The van der Waals surface area contributed by atoms with Crippen LogP contribution in [-0.4, -0.2) is 59.4 Å². The predicted molar refractivity (Wildman–Crippen MR) is 120 cm³/mol. The largest absolute Gasteiger partial charge is 0.386 e. The maximum absolute atomic E-state index is 13.3. The van der Waals surface area contributed by atoms with Crippen molar-refractivity contribution in [2.24, 2.45) is 0 Å². The lowest BCUT2D eigenvalue weighted by Crippen LogP contribution is -3.15. The molecule has 1 atom stereocenters. The fourth-order valence-electron chi connectivity index (χ4n) is 3.74. The van der Waals surface area contributed by atoms with Gasteiger partial charge in [-0.15, -0.1) is 0 Å². The molecule has 0 spiro atoms. The summed E-state index contributed by atoms with van der Waals surface area (Å²) in [5, 5.41) is 11.8. The van der Waals surface area contributed by atoms with Crippen LogP contribution in [0.2, 0.25) is 0 Å². The summed E-state index contributed by atoms with van der Waals surface area (Å²) >= 11 is 1.43. The molecule has 0 radical (unpaired) electrons. The summed E-state index contributed by atoms with van der Waals surface area (Å²) < 4.78 is 7.06. The summed E-state index contributed by atoms with van der Waals surface area (Å²) in [6.45, 7) is 6.12. The van der Waals surface area contributed by atoms with Crippen molar-refractivity contribution in [3.8, 4) is 5.69 Å². The first-order chi connectivity index (χ1) is 14.7. The molecule has 2 N–H and O–H groups in total. The second-order valence-corrected chi connectivity index (χ2v) is 8.59. The highest BCUT2D eigenvalue weighted by molar-refractivity contribution is 7.99. The number of quaternary nitrogens is 1. The predicted octanol–water partition coefficient (Wildman–Crippen LogP) is 1.32. The first-order valence-corrected chi connectivity index (χ1v) is 11.5. The molecule has 0 bridgehead atoms. The van der Waals surface area contributed by atoms with E-state index in [0.717, 1.165) is 38.4 Å². The summed E-state index contributed by atoms with van der Waals surface area (Å²) in [5.74, 6) is 0.488. The topological polar surface area (TPSA) is 68.8 Å². The van der Waals surface area contributed by atoms with Gasteiger partial charge in [-0.2, -0.15) is 0 Å². The van der Waals surface area contributed by atoms with Gasteiger partial charge >= 0.3 is 0 Å². The maximum Gasteiger partial charge on any atom is 0.266 e. The number of para-hydroxylation sites is 1. The number of morpholine rings is 1. The Morgan fingerprint density at radius 3 is 2.63 bits per heavy atom. The summed E-state index contributed by atoms with van der Waals surface area (Å²) in [6.07, 6.45) is 0.477. The van der Waals surface area contributed by atoms with E-state index in [2.05, 4.69) is 6.92 Å². The average molecular weight is 427 g/mol. The summed E-state index contributed by atoms with van der Waals surface area (Å²) in [5.41, 5.74) is 2.62. The average Bonchev–Trinajstić information content (AvgIpc) is 2.79. The van der Waals surface area contributed by atoms with Crippen LogP contribution in [0.4, 0.5) is 0 Å². The number of aryl methyl sites for hydroxylation is 1. The van der Waals surface area contributed by atoms with Gasteiger partial charge in [0.25, 0.3) is 5.56 Å². The van der Waals surface area contributed by atoms with E-state index in [1.807, 2.05) is 48.5 Å². The first-order valence-electron chi connectivity index (χ1n) is 10.5. The maximum atomic E-state index is 13.3. The van der Waals surface area contributed by atoms with Gasteiger partial charge in [0.05, 0.1) is 29.8 Å². The molecule has 0 amide bonds. The summed E-state index contributed by atoms with van der Waals surface area (Å²) in [6, 6.07) is 15.4. The van der Waals surface area contributed by atoms with E-state index in [-0.39, 0.29) is 5.56 Å². The Kier molecular flexibility index (Phi) is 6.84. The molecule has 6 nitrogen and oxygen atoms in total. The number of ether oxygens (including phenoxy) is 1. The minimum atomic E-state index is -0.470. The van der Waals surface area contributed by atoms with Crippen molar-refractivity contribution in [2.45, 2.75) is 24.6 Å². The van der Waals surface area contributed by atoms with Gasteiger partial charge in [-0.1, -0.05) is 43.0 Å². The number of thioether (sulfide) groups is 1. The lowest BCUT2D eigenvalue weighted by molar-refractivity contribution is -0.910. The third-order valence-electron chi connectivity index (χ3n) is 5.48. The molecule has 2 heterocycles. The van der Waals surface area contributed by atoms with E-state index in [9.17, 15) is 9.90 Å². The molecular formula is C23H28N3O3S+. The van der Waals surface area contributed by atoms with Crippen molar-refractivity contribution in [2.75, 3.05) is 38.6 Å². The highest BCUT2D eigenvalue weighted by Gasteiger charge is 2.20. The first kappa shape index (κ1) is 21.1. The van der Waals surface area contributed by atoms with Gasteiger partial charge in [0.15, 0.2) is 5.16 Å². The van der Waals surface area contributed by atoms with E-state index in [4.69, 9.17) is 9.72 Å². The number of benzene rings is 2. The summed E-state index contributed by atoms with van der Waals surface area (Å²) in [7, 11) is 0. The van der Waals surface area contributed by atoms with Crippen LogP contribution in [0.1, 0.15) is 12.5 Å². The molecule has 1 aliphatic rings. The zero-order chi connectivity index (χ0) is 20.9. The van der Waals surface area contributed by atoms with Gasteiger partial charge in [0.1, 0.15) is 25.7 Å². The monoisotopic (exact) mass is 426 g/mol. The molecule has 2 aromatic carbocycles. The molecule has 4 rings (SSSR count). The highest BCUT2D eigenvalue weighted by Crippen LogP contribution is 2.22. The Morgan fingerprint density at radius 1 is 1.17 bits per heavy atom. The van der Waals surface area contributed by atoms with E-state index in [1.165, 1.54) is 22.2 Å². The number of nitrogens with one attached hydrogen (secondary N) is 1. The SMILES string of the molecule is CCc1ccc(-n2c(SC[C@@H](O)C[NH+]3CCOCC3)nc3ccccc3c2=O)cc1. The molecule has 3 aromatic rings. The van der Waals surface area contributed by atoms with Crippen LogP contribution in [0.3, 0.4) is 0 Å². The van der Waals surface area contributed by atoms with Gasteiger partial charge in [-0.05, 0) is 36.2 Å². The van der Waals surface area contributed by atoms with Crippen LogP contribution < -0.4 is 10.5 Å². The Hall–Kier alpha value is -2.19. The van der Waals surface area contributed by atoms with Gasteiger partial charge in [0, 0.05) is 5.75 Å². The van der Waals surface area contributed by atoms with Crippen molar-refractivity contribution in [3.05, 3.63) is 64.4 Å². The number of rotatable bonds is 7. The van der Waals surface area contributed by atoms with Gasteiger partial charge in [0.2, 0.25) is 0 Å². The van der Waals surface area contributed by atoms with Crippen LogP contribution in [-0.2, 0) is 11.2 Å². The lowest BCUT2D eigenvalue weighted by Gasteiger charge is -2.25. The standard InChI is InChI=1S/C23H27N3O3S/c1-2-17-7-9-18(10-8-17)26-22(28)20-5-3-4-6-21(20)24-23(26)30-16-19(27)15-25-11-13-29-14-12-25/h3-10,19,27H,2,11-16H2,1H3/p+1/t19-/m0/s1. The van der Waals surface area contributed by atoms with E-state index in [0.29, 0.717) is 28.4 Å². The third kappa shape index (κ3) is 4.75. The number of fused-ring (bicyclic) bond motifs is 1. The fraction of sp³-hybridized carbons (Fsp3) is 0.391. The number of nitrogens with zero attached hydrogens (tertiary/aromatic N) is 2. The molecule has 7 heteroatoms. The third-order valence-corrected chi connectivity index (χ3v) is 6.56. The van der Waals surface area contributed by atoms with Gasteiger partial charge in [-0.25, -0.2) is 4.98 Å². The fourth-order valence-corrected chi connectivity index (χ4v) is 4.68. The minimum Gasteiger partial charge on any atom is -0.386 e. The van der Waals surface area contributed by atoms with Crippen molar-refractivity contribution >= 4 is 22.7 Å². The minimum absolute atomic E-state index is 0.0827. The number of aliphatic hydroxyl groups excluding tert-OH is 1. The van der Waals surface area contributed by atoms with Crippen molar-refractivity contribution in [1.29, 1.82) is 0 Å². The molecule has 30 heavy (non-hydrogen) atoms. The Bertz CT molecular complexity index is 1050. The van der Waals surface area contributed by atoms with E-state index < -0.39 is 6.10 Å². The van der Waals surface area contributed by atoms with Gasteiger partial charge in [-0.3, -0.25) is 9.36 Å². The van der Waals surface area contributed by atoms with E-state index >= 15 is 0 Å². The Balaban J connectivity index is 1.62. The molecule has 1 aliphatic heterocycles. The molecule has 0 saturated carbocycles. The van der Waals surface area contributed by atoms with E-state index in [1.54, 1.807) is 4.57 Å². The molecule has 0 unspecified atom stereocenters. The van der Waals surface area contributed by atoms with Gasteiger partial charge < -0.3 is 14.7 Å². The quantitative estimate of drug-likeness (QED) is 0.441. The second-order valence-electron chi connectivity index (χ2n) is 7.60. The van der Waals surface area contributed by atoms with Crippen molar-refractivity contribution < 1.29 is 14.7 Å². The Labute approximate surface area is 180 Å².